The standard InChI is InChI=1S/C17H22N2O2/c1-2-3-4-9-14-16-12(10-15(18-14)17(20)21)11-7-5-6-8-13(11)19-16/h5-8,14-15,18-19H,2-4,9-10H2,1H3,(H,20,21). The highest BCUT2D eigenvalue weighted by Crippen LogP contribution is 2.34. The minimum Gasteiger partial charge on any atom is -0.480 e. The number of rotatable bonds is 5. The van der Waals surface area contributed by atoms with Crippen LogP contribution in [0.2, 0.25) is 0 Å². The number of H-pyrrole nitrogens is 1. The molecule has 1 aliphatic heterocycles. The van der Waals surface area contributed by atoms with Crippen molar-refractivity contribution in [1.82, 2.24) is 10.3 Å². The molecule has 0 radical (unpaired) electrons. The van der Waals surface area contributed by atoms with Gasteiger partial charge in [-0.05, 0) is 18.1 Å². The Morgan fingerprint density at radius 1 is 1.33 bits per heavy atom. The molecule has 0 spiro atoms. The summed E-state index contributed by atoms with van der Waals surface area (Å²) in [4.78, 5) is 14.9. The summed E-state index contributed by atoms with van der Waals surface area (Å²) in [6.45, 7) is 2.18. The number of hydrogen-bond acceptors (Lipinski definition) is 2. The van der Waals surface area contributed by atoms with Gasteiger partial charge in [0.05, 0.1) is 0 Å². The van der Waals surface area contributed by atoms with E-state index in [2.05, 4.69) is 29.4 Å². The quantitative estimate of drug-likeness (QED) is 0.738. The van der Waals surface area contributed by atoms with Gasteiger partial charge in [0.15, 0.2) is 0 Å². The number of carboxylic acid groups (broad SMARTS) is 1. The molecule has 112 valence electrons. The predicted molar refractivity (Wildman–Crippen MR) is 83.4 cm³/mol. The number of hydrogen-bond donors (Lipinski definition) is 3. The van der Waals surface area contributed by atoms with E-state index in [9.17, 15) is 9.90 Å². The van der Waals surface area contributed by atoms with Gasteiger partial charge in [-0.1, -0.05) is 44.4 Å². The van der Waals surface area contributed by atoms with E-state index in [0.29, 0.717) is 6.42 Å². The summed E-state index contributed by atoms with van der Waals surface area (Å²) in [5.41, 5.74) is 3.47. The summed E-state index contributed by atoms with van der Waals surface area (Å²) in [5, 5.41) is 13.9. The number of para-hydroxylation sites is 1. The number of aliphatic carboxylic acids is 1. The third-order valence-electron chi connectivity index (χ3n) is 4.40. The number of unbranched alkanes of at least 4 members (excludes halogenated alkanes) is 2. The lowest BCUT2D eigenvalue weighted by Gasteiger charge is -2.29. The summed E-state index contributed by atoms with van der Waals surface area (Å²) >= 11 is 0. The van der Waals surface area contributed by atoms with Gasteiger partial charge in [-0.15, -0.1) is 0 Å². The van der Waals surface area contributed by atoms with Gasteiger partial charge in [0.2, 0.25) is 0 Å². The largest absolute Gasteiger partial charge is 0.480 e. The molecule has 4 heteroatoms. The minimum absolute atomic E-state index is 0.119. The lowest BCUT2D eigenvalue weighted by atomic mass is 9.91. The van der Waals surface area contributed by atoms with Crippen molar-refractivity contribution in [3.8, 4) is 0 Å². The number of aromatic nitrogens is 1. The monoisotopic (exact) mass is 286 g/mol. The van der Waals surface area contributed by atoms with Crippen LogP contribution in [0.4, 0.5) is 0 Å². The van der Waals surface area contributed by atoms with Crippen molar-refractivity contribution in [3.05, 3.63) is 35.5 Å². The molecule has 0 amide bonds. The molecule has 0 saturated heterocycles. The molecular weight excluding hydrogens is 264 g/mol. The van der Waals surface area contributed by atoms with Gasteiger partial charge in [-0.25, -0.2) is 0 Å². The lowest BCUT2D eigenvalue weighted by Crippen LogP contribution is -2.44. The van der Waals surface area contributed by atoms with Crippen molar-refractivity contribution < 1.29 is 9.90 Å². The summed E-state index contributed by atoms with van der Waals surface area (Å²) in [5.74, 6) is -0.758. The van der Waals surface area contributed by atoms with E-state index in [-0.39, 0.29) is 6.04 Å². The van der Waals surface area contributed by atoms with E-state index >= 15 is 0 Å². The van der Waals surface area contributed by atoms with Crippen LogP contribution in [-0.2, 0) is 11.2 Å². The van der Waals surface area contributed by atoms with Gasteiger partial charge >= 0.3 is 5.97 Å². The molecule has 2 atom stereocenters. The van der Waals surface area contributed by atoms with Crippen molar-refractivity contribution in [3.63, 3.8) is 0 Å². The van der Waals surface area contributed by atoms with Crippen LogP contribution in [0.3, 0.4) is 0 Å². The fourth-order valence-electron chi connectivity index (χ4n) is 3.31. The lowest BCUT2D eigenvalue weighted by molar-refractivity contribution is -0.139. The maximum absolute atomic E-state index is 11.4. The van der Waals surface area contributed by atoms with Crippen LogP contribution in [0.25, 0.3) is 10.9 Å². The summed E-state index contributed by atoms with van der Waals surface area (Å²) in [6.07, 6.45) is 5.02. The van der Waals surface area contributed by atoms with Crippen molar-refractivity contribution in [1.29, 1.82) is 0 Å². The zero-order chi connectivity index (χ0) is 14.8. The van der Waals surface area contributed by atoms with Gasteiger partial charge in [-0.2, -0.15) is 0 Å². The molecule has 1 aliphatic rings. The second-order valence-electron chi connectivity index (χ2n) is 5.87. The van der Waals surface area contributed by atoms with Gasteiger partial charge < -0.3 is 10.1 Å². The van der Waals surface area contributed by atoms with Crippen molar-refractivity contribution in [2.24, 2.45) is 0 Å². The van der Waals surface area contributed by atoms with Crippen molar-refractivity contribution in [2.75, 3.05) is 0 Å². The summed E-state index contributed by atoms with van der Waals surface area (Å²) < 4.78 is 0. The number of nitrogens with one attached hydrogen (secondary N) is 2. The minimum atomic E-state index is -0.758. The Bertz CT molecular complexity index is 647. The van der Waals surface area contributed by atoms with Gasteiger partial charge in [0.25, 0.3) is 0 Å². The smallest absolute Gasteiger partial charge is 0.321 e. The second kappa shape index (κ2) is 5.90. The highest BCUT2D eigenvalue weighted by molar-refractivity contribution is 5.86. The first kappa shape index (κ1) is 14.1. The van der Waals surface area contributed by atoms with E-state index in [4.69, 9.17) is 0 Å². The zero-order valence-electron chi connectivity index (χ0n) is 12.4. The van der Waals surface area contributed by atoms with Crippen molar-refractivity contribution in [2.45, 2.75) is 51.1 Å². The van der Waals surface area contributed by atoms with Crippen LogP contribution >= 0.6 is 0 Å². The molecule has 0 saturated carbocycles. The Kier molecular flexibility index (Phi) is 3.97. The van der Waals surface area contributed by atoms with Gasteiger partial charge in [0, 0.05) is 29.1 Å². The van der Waals surface area contributed by atoms with E-state index < -0.39 is 12.0 Å². The molecule has 3 rings (SSSR count). The number of carboxylic acids is 1. The molecule has 0 aliphatic carbocycles. The Balaban J connectivity index is 1.96. The van der Waals surface area contributed by atoms with Crippen molar-refractivity contribution >= 4 is 16.9 Å². The zero-order valence-corrected chi connectivity index (χ0v) is 12.4. The third kappa shape index (κ3) is 2.68. The molecule has 2 heterocycles. The van der Waals surface area contributed by atoms with Gasteiger partial charge in [-0.3, -0.25) is 10.1 Å². The van der Waals surface area contributed by atoms with E-state index in [1.807, 2.05) is 12.1 Å². The van der Waals surface area contributed by atoms with Crippen LogP contribution in [0.1, 0.15) is 49.9 Å². The predicted octanol–water partition coefficient (Wildman–Crippen LogP) is 3.39. The molecule has 1 aromatic heterocycles. The van der Waals surface area contributed by atoms with Crippen LogP contribution in [-0.4, -0.2) is 22.1 Å². The van der Waals surface area contributed by atoms with E-state index in [0.717, 1.165) is 18.4 Å². The number of aromatic amines is 1. The van der Waals surface area contributed by atoms with Crippen LogP contribution < -0.4 is 5.32 Å². The molecule has 1 aromatic carbocycles. The maximum Gasteiger partial charge on any atom is 0.321 e. The van der Waals surface area contributed by atoms with Crippen LogP contribution in [0.5, 0.6) is 0 Å². The average Bonchev–Trinajstić information content (AvgIpc) is 2.86. The fourth-order valence-corrected chi connectivity index (χ4v) is 3.31. The van der Waals surface area contributed by atoms with E-state index in [1.165, 1.54) is 29.5 Å². The number of fused-ring (bicyclic) bond motifs is 3. The Labute approximate surface area is 124 Å². The first-order valence-electron chi connectivity index (χ1n) is 7.79. The Morgan fingerprint density at radius 3 is 2.90 bits per heavy atom. The molecule has 2 aromatic rings. The normalized spacial score (nSPS) is 21.4. The average molecular weight is 286 g/mol. The third-order valence-corrected chi connectivity index (χ3v) is 4.40. The SMILES string of the molecule is CCCCCC1NC(C(=O)O)Cc2c1[nH]c1ccccc21. The Morgan fingerprint density at radius 2 is 2.14 bits per heavy atom. The Hall–Kier alpha value is -1.81. The molecule has 3 N–H and O–H groups in total. The first-order chi connectivity index (χ1) is 10.2. The fraction of sp³-hybridized carbons (Fsp3) is 0.471. The molecular formula is C17H22N2O2. The topological polar surface area (TPSA) is 65.1 Å². The van der Waals surface area contributed by atoms with Crippen LogP contribution in [0.15, 0.2) is 24.3 Å². The van der Waals surface area contributed by atoms with Gasteiger partial charge in [0.1, 0.15) is 6.04 Å². The highest BCUT2D eigenvalue weighted by Gasteiger charge is 2.32. The first-order valence-corrected chi connectivity index (χ1v) is 7.79. The summed E-state index contributed by atoms with van der Waals surface area (Å²) in [6, 6.07) is 7.81. The second-order valence-corrected chi connectivity index (χ2v) is 5.87. The molecule has 0 fully saturated rings. The molecule has 2 unspecified atom stereocenters. The number of carbonyl (C=O) groups is 1. The summed E-state index contributed by atoms with van der Waals surface area (Å²) in [7, 11) is 0. The van der Waals surface area contributed by atoms with E-state index in [1.54, 1.807) is 0 Å². The molecule has 4 nitrogen and oxygen atoms in total. The highest BCUT2D eigenvalue weighted by atomic mass is 16.4. The molecule has 0 bridgehead atoms. The molecule has 21 heavy (non-hydrogen) atoms. The van der Waals surface area contributed by atoms with Crippen LogP contribution in [0, 0.1) is 0 Å². The number of benzene rings is 1. The maximum atomic E-state index is 11.4.